The average Bonchev–Trinajstić information content (AvgIpc) is 2.49. The highest BCUT2D eigenvalue weighted by molar-refractivity contribution is 7.98. The van der Waals surface area contributed by atoms with Crippen LogP contribution >= 0.6 is 23.4 Å². The third-order valence-corrected chi connectivity index (χ3v) is 3.78. The summed E-state index contributed by atoms with van der Waals surface area (Å²) in [6.07, 6.45) is 1.99. The average molecular weight is 322 g/mol. The van der Waals surface area contributed by atoms with Crippen LogP contribution in [-0.2, 0) is 0 Å². The van der Waals surface area contributed by atoms with E-state index in [1.54, 1.807) is 23.9 Å². The molecule has 2 rings (SSSR count). The van der Waals surface area contributed by atoms with E-state index in [1.807, 2.05) is 37.4 Å². The molecular weight excluding hydrogens is 306 g/mol. The number of hydrogen-bond acceptors (Lipinski definition) is 4. The number of nitrogens with zero attached hydrogens (tertiary/aromatic N) is 1. The number of carbonyl (C=O) groups is 1. The Balaban J connectivity index is 2.21. The SMILES string of the molecule is CCNc1ccc(Cl)c(C(=O)Nc2cccc(SC)c2)n1. The van der Waals surface area contributed by atoms with Gasteiger partial charge in [0.25, 0.3) is 5.91 Å². The van der Waals surface area contributed by atoms with Gasteiger partial charge in [-0.3, -0.25) is 4.79 Å². The van der Waals surface area contributed by atoms with Crippen LogP contribution < -0.4 is 10.6 Å². The van der Waals surface area contributed by atoms with Crippen molar-refractivity contribution >= 4 is 40.8 Å². The van der Waals surface area contributed by atoms with Crippen LogP contribution in [0.4, 0.5) is 11.5 Å². The van der Waals surface area contributed by atoms with Crippen LogP contribution in [0.1, 0.15) is 17.4 Å². The Bertz CT molecular complexity index is 649. The summed E-state index contributed by atoms with van der Waals surface area (Å²) < 4.78 is 0. The van der Waals surface area contributed by atoms with Crippen molar-refractivity contribution in [2.24, 2.45) is 0 Å². The molecule has 2 aromatic rings. The molecule has 0 atom stereocenters. The van der Waals surface area contributed by atoms with Crippen LogP contribution in [0.3, 0.4) is 0 Å². The lowest BCUT2D eigenvalue weighted by Gasteiger charge is -2.09. The molecule has 0 spiro atoms. The Morgan fingerprint density at radius 3 is 2.86 bits per heavy atom. The molecule has 21 heavy (non-hydrogen) atoms. The van der Waals surface area contributed by atoms with E-state index >= 15 is 0 Å². The van der Waals surface area contributed by atoms with E-state index in [1.165, 1.54) is 0 Å². The van der Waals surface area contributed by atoms with Gasteiger partial charge in [0, 0.05) is 17.1 Å². The van der Waals surface area contributed by atoms with Crippen molar-refractivity contribution < 1.29 is 4.79 Å². The van der Waals surface area contributed by atoms with Crippen molar-refractivity contribution in [3.63, 3.8) is 0 Å². The molecule has 0 saturated heterocycles. The molecule has 2 N–H and O–H groups in total. The molecule has 6 heteroatoms. The van der Waals surface area contributed by atoms with Crippen molar-refractivity contribution in [2.45, 2.75) is 11.8 Å². The van der Waals surface area contributed by atoms with Gasteiger partial charge in [0.05, 0.1) is 5.02 Å². The number of pyridine rings is 1. The first-order chi connectivity index (χ1) is 10.1. The highest BCUT2D eigenvalue weighted by atomic mass is 35.5. The van der Waals surface area contributed by atoms with Crippen molar-refractivity contribution in [3.8, 4) is 0 Å². The fourth-order valence-electron chi connectivity index (χ4n) is 1.77. The Morgan fingerprint density at radius 2 is 2.14 bits per heavy atom. The van der Waals surface area contributed by atoms with Crippen LogP contribution in [0.5, 0.6) is 0 Å². The molecule has 1 heterocycles. The first-order valence-electron chi connectivity index (χ1n) is 6.50. The standard InChI is InChI=1S/C15H16ClN3OS/c1-3-17-13-8-7-12(16)14(19-13)15(20)18-10-5-4-6-11(9-10)21-2/h4-9H,3H2,1-2H3,(H,17,19)(H,18,20). The van der Waals surface area contributed by atoms with E-state index in [2.05, 4.69) is 15.6 Å². The van der Waals surface area contributed by atoms with Gasteiger partial charge in [0.2, 0.25) is 0 Å². The predicted octanol–water partition coefficient (Wildman–Crippen LogP) is 4.14. The minimum absolute atomic E-state index is 0.213. The van der Waals surface area contributed by atoms with Gasteiger partial charge in [-0.05, 0) is 43.5 Å². The second-order valence-electron chi connectivity index (χ2n) is 4.24. The Hall–Kier alpha value is -1.72. The second kappa shape index (κ2) is 7.33. The number of halogens is 1. The summed E-state index contributed by atoms with van der Waals surface area (Å²) >= 11 is 7.68. The number of aromatic nitrogens is 1. The van der Waals surface area contributed by atoms with E-state index in [0.29, 0.717) is 10.8 Å². The van der Waals surface area contributed by atoms with E-state index in [4.69, 9.17) is 11.6 Å². The summed E-state index contributed by atoms with van der Waals surface area (Å²) in [7, 11) is 0. The molecule has 110 valence electrons. The van der Waals surface area contributed by atoms with Crippen molar-refractivity contribution in [1.29, 1.82) is 0 Å². The second-order valence-corrected chi connectivity index (χ2v) is 5.53. The van der Waals surface area contributed by atoms with E-state index < -0.39 is 0 Å². The van der Waals surface area contributed by atoms with Gasteiger partial charge in [-0.25, -0.2) is 4.98 Å². The van der Waals surface area contributed by atoms with Gasteiger partial charge in [-0.2, -0.15) is 0 Å². The van der Waals surface area contributed by atoms with Gasteiger partial charge in [-0.15, -0.1) is 11.8 Å². The molecule has 4 nitrogen and oxygen atoms in total. The molecule has 0 unspecified atom stereocenters. The number of benzene rings is 1. The normalized spacial score (nSPS) is 10.2. The van der Waals surface area contributed by atoms with Gasteiger partial charge in [-0.1, -0.05) is 17.7 Å². The molecule has 0 fully saturated rings. The summed E-state index contributed by atoms with van der Waals surface area (Å²) in [6.45, 7) is 2.69. The first-order valence-corrected chi connectivity index (χ1v) is 8.10. The Morgan fingerprint density at radius 1 is 1.33 bits per heavy atom. The van der Waals surface area contributed by atoms with E-state index in [9.17, 15) is 4.79 Å². The van der Waals surface area contributed by atoms with Crippen LogP contribution in [0.15, 0.2) is 41.3 Å². The van der Waals surface area contributed by atoms with Crippen molar-refractivity contribution in [2.75, 3.05) is 23.4 Å². The van der Waals surface area contributed by atoms with Crippen LogP contribution in [0, 0.1) is 0 Å². The molecule has 0 aliphatic rings. The number of rotatable bonds is 5. The maximum Gasteiger partial charge on any atom is 0.275 e. The predicted molar refractivity (Wildman–Crippen MR) is 89.6 cm³/mol. The highest BCUT2D eigenvalue weighted by Crippen LogP contribution is 2.21. The van der Waals surface area contributed by atoms with Gasteiger partial charge < -0.3 is 10.6 Å². The van der Waals surface area contributed by atoms with Gasteiger partial charge in [0.1, 0.15) is 11.5 Å². The Kier molecular flexibility index (Phi) is 5.47. The van der Waals surface area contributed by atoms with Crippen molar-refractivity contribution in [3.05, 3.63) is 47.1 Å². The van der Waals surface area contributed by atoms with Crippen LogP contribution in [0.2, 0.25) is 5.02 Å². The monoisotopic (exact) mass is 321 g/mol. The Labute approximate surface area is 133 Å². The summed E-state index contributed by atoms with van der Waals surface area (Å²) in [4.78, 5) is 17.6. The topological polar surface area (TPSA) is 54.0 Å². The number of amides is 1. The highest BCUT2D eigenvalue weighted by Gasteiger charge is 2.13. The lowest BCUT2D eigenvalue weighted by atomic mass is 10.3. The smallest absolute Gasteiger partial charge is 0.275 e. The molecule has 0 aliphatic heterocycles. The zero-order valence-corrected chi connectivity index (χ0v) is 13.4. The van der Waals surface area contributed by atoms with Crippen molar-refractivity contribution in [1.82, 2.24) is 4.98 Å². The molecule has 0 radical (unpaired) electrons. The molecular formula is C15H16ClN3OS. The largest absolute Gasteiger partial charge is 0.370 e. The molecule has 0 saturated carbocycles. The van der Waals surface area contributed by atoms with Gasteiger partial charge >= 0.3 is 0 Å². The van der Waals surface area contributed by atoms with Crippen LogP contribution in [0.25, 0.3) is 0 Å². The number of hydrogen-bond donors (Lipinski definition) is 2. The number of anilines is 2. The zero-order valence-electron chi connectivity index (χ0n) is 11.8. The molecule has 1 aromatic carbocycles. The summed E-state index contributed by atoms with van der Waals surface area (Å²) in [5.74, 6) is 0.308. The third-order valence-electron chi connectivity index (χ3n) is 2.75. The molecule has 1 aromatic heterocycles. The van der Waals surface area contributed by atoms with E-state index in [0.717, 1.165) is 17.1 Å². The van der Waals surface area contributed by atoms with Gasteiger partial charge in [0.15, 0.2) is 0 Å². The maximum absolute atomic E-state index is 12.3. The summed E-state index contributed by atoms with van der Waals surface area (Å²) in [5, 5.41) is 6.20. The molecule has 0 bridgehead atoms. The first kappa shape index (κ1) is 15.7. The number of nitrogens with one attached hydrogen (secondary N) is 2. The lowest BCUT2D eigenvalue weighted by molar-refractivity contribution is 0.102. The minimum atomic E-state index is -0.321. The number of thioether (sulfide) groups is 1. The molecule has 1 amide bonds. The maximum atomic E-state index is 12.3. The summed E-state index contributed by atoms with van der Waals surface area (Å²) in [5.41, 5.74) is 0.934. The molecule has 0 aliphatic carbocycles. The number of carbonyl (C=O) groups excluding carboxylic acids is 1. The third kappa shape index (κ3) is 4.12. The lowest BCUT2D eigenvalue weighted by Crippen LogP contribution is -2.15. The zero-order chi connectivity index (χ0) is 15.2. The van der Waals surface area contributed by atoms with Crippen LogP contribution in [-0.4, -0.2) is 23.7 Å². The quantitative estimate of drug-likeness (QED) is 0.813. The minimum Gasteiger partial charge on any atom is -0.370 e. The van der Waals surface area contributed by atoms with E-state index in [-0.39, 0.29) is 11.6 Å². The fraction of sp³-hybridized carbons (Fsp3) is 0.200. The summed E-state index contributed by atoms with van der Waals surface area (Å²) in [6, 6.07) is 11.0. The fourth-order valence-corrected chi connectivity index (χ4v) is 2.42.